The van der Waals surface area contributed by atoms with Gasteiger partial charge in [-0.25, -0.2) is 0 Å². The molecule has 2 N–H and O–H groups in total. The third-order valence-corrected chi connectivity index (χ3v) is 5.00. The van der Waals surface area contributed by atoms with E-state index < -0.39 is 17.8 Å². The molecule has 1 aromatic rings. The van der Waals surface area contributed by atoms with E-state index in [1.165, 1.54) is 0 Å². The minimum atomic E-state index is -0.872. The van der Waals surface area contributed by atoms with E-state index in [0.717, 1.165) is 11.3 Å². The Balaban J connectivity index is 1.79. The average Bonchev–Trinajstić information content (AvgIpc) is 3.17. The van der Waals surface area contributed by atoms with Crippen molar-refractivity contribution in [3.63, 3.8) is 0 Å². The Morgan fingerprint density at radius 2 is 2.17 bits per heavy atom. The lowest BCUT2D eigenvalue weighted by atomic mass is 9.89. The Hall–Kier alpha value is -2.08. The van der Waals surface area contributed by atoms with Crippen LogP contribution < -0.4 is 5.32 Å². The summed E-state index contributed by atoms with van der Waals surface area (Å²) in [7, 11) is 0. The molecule has 1 heterocycles. The molecule has 1 saturated carbocycles. The highest BCUT2D eigenvalue weighted by Crippen LogP contribution is 2.40. The predicted molar refractivity (Wildman–Crippen MR) is 90.2 cm³/mol. The van der Waals surface area contributed by atoms with E-state index in [9.17, 15) is 14.7 Å². The lowest BCUT2D eigenvalue weighted by molar-refractivity contribution is -0.141. The number of aryl methyl sites for hydroxylation is 1. The summed E-state index contributed by atoms with van der Waals surface area (Å²) in [6.07, 6.45) is 1.36. The normalized spacial score (nSPS) is 25.9. The second-order valence-corrected chi connectivity index (χ2v) is 6.77. The summed E-state index contributed by atoms with van der Waals surface area (Å²) in [6, 6.07) is 5.39. The number of hydrogen-bond acceptors (Lipinski definition) is 4. The summed E-state index contributed by atoms with van der Waals surface area (Å²) in [5.41, 5.74) is 2.32. The SMILES string of the molecule is Cc1ccc(NC(=O)C2CC(C(=O)O)CC2C2=NOCC2)c(Cl)c1. The van der Waals surface area contributed by atoms with E-state index >= 15 is 0 Å². The number of carbonyl (C=O) groups excluding carboxylic acids is 1. The number of nitrogens with zero attached hydrogens (tertiary/aromatic N) is 1. The van der Waals surface area contributed by atoms with Crippen LogP contribution in [0.5, 0.6) is 0 Å². The first-order chi connectivity index (χ1) is 11.5. The molecule has 7 heteroatoms. The van der Waals surface area contributed by atoms with Gasteiger partial charge < -0.3 is 15.3 Å². The number of amides is 1. The zero-order chi connectivity index (χ0) is 17.3. The van der Waals surface area contributed by atoms with Gasteiger partial charge in [0, 0.05) is 18.3 Å². The molecule has 1 aliphatic heterocycles. The molecule has 0 bridgehead atoms. The van der Waals surface area contributed by atoms with Crippen molar-refractivity contribution in [3.8, 4) is 0 Å². The maximum absolute atomic E-state index is 12.7. The summed E-state index contributed by atoms with van der Waals surface area (Å²) in [4.78, 5) is 29.1. The highest BCUT2D eigenvalue weighted by atomic mass is 35.5. The van der Waals surface area contributed by atoms with Crippen LogP contribution in [0.2, 0.25) is 5.02 Å². The Bertz CT molecular complexity index is 704. The van der Waals surface area contributed by atoms with E-state index in [0.29, 0.717) is 36.6 Å². The zero-order valence-electron chi connectivity index (χ0n) is 13.3. The number of hydrogen-bond donors (Lipinski definition) is 2. The first-order valence-corrected chi connectivity index (χ1v) is 8.32. The molecule has 2 aliphatic rings. The van der Waals surface area contributed by atoms with E-state index in [1.54, 1.807) is 12.1 Å². The largest absolute Gasteiger partial charge is 0.481 e. The van der Waals surface area contributed by atoms with Crippen molar-refractivity contribution in [1.29, 1.82) is 0 Å². The van der Waals surface area contributed by atoms with Crippen LogP contribution >= 0.6 is 11.6 Å². The van der Waals surface area contributed by atoms with Crippen LogP contribution in [0.4, 0.5) is 5.69 Å². The summed E-state index contributed by atoms with van der Waals surface area (Å²) in [6.45, 7) is 2.40. The fraction of sp³-hybridized carbons (Fsp3) is 0.471. The standard InChI is InChI=1S/C17H19ClN2O4/c1-9-2-3-15(13(18)6-9)19-16(21)12-8-10(17(22)23)7-11(12)14-4-5-24-20-14/h2-3,6,10-12H,4-5,7-8H2,1H3,(H,19,21)(H,22,23). The minimum Gasteiger partial charge on any atom is -0.481 e. The van der Waals surface area contributed by atoms with Crippen LogP contribution in [0.3, 0.4) is 0 Å². The monoisotopic (exact) mass is 350 g/mol. The first kappa shape index (κ1) is 16.8. The summed E-state index contributed by atoms with van der Waals surface area (Å²) < 4.78 is 0. The molecule has 1 aromatic carbocycles. The number of benzene rings is 1. The van der Waals surface area contributed by atoms with Gasteiger partial charge in [0.15, 0.2) is 0 Å². The van der Waals surface area contributed by atoms with Gasteiger partial charge in [0.2, 0.25) is 5.91 Å². The van der Waals surface area contributed by atoms with Crippen LogP contribution in [-0.4, -0.2) is 29.3 Å². The molecular formula is C17H19ClN2O4. The number of anilines is 1. The third kappa shape index (κ3) is 3.38. The highest BCUT2D eigenvalue weighted by molar-refractivity contribution is 6.33. The molecule has 6 nitrogen and oxygen atoms in total. The smallest absolute Gasteiger partial charge is 0.306 e. The predicted octanol–water partition coefficient (Wildman–Crippen LogP) is 3.09. The van der Waals surface area contributed by atoms with Gasteiger partial charge in [0.25, 0.3) is 0 Å². The molecule has 1 aliphatic carbocycles. The molecule has 1 amide bonds. The number of nitrogens with one attached hydrogen (secondary N) is 1. The number of rotatable bonds is 4. The van der Waals surface area contributed by atoms with Crippen molar-refractivity contribution in [2.45, 2.75) is 26.2 Å². The topological polar surface area (TPSA) is 88.0 Å². The van der Waals surface area contributed by atoms with Crippen molar-refractivity contribution >= 4 is 34.9 Å². The second-order valence-electron chi connectivity index (χ2n) is 6.36. The lowest BCUT2D eigenvalue weighted by Gasteiger charge is -2.18. The second kappa shape index (κ2) is 6.81. The van der Waals surface area contributed by atoms with E-state index in [-0.39, 0.29) is 11.8 Å². The van der Waals surface area contributed by atoms with E-state index in [4.69, 9.17) is 16.4 Å². The van der Waals surface area contributed by atoms with Gasteiger partial charge in [-0.1, -0.05) is 22.8 Å². The van der Waals surface area contributed by atoms with Gasteiger partial charge in [-0.2, -0.15) is 0 Å². The maximum Gasteiger partial charge on any atom is 0.306 e. The molecule has 0 saturated heterocycles. The van der Waals surface area contributed by atoms with Crippen molar-refractivity contribution in [2.24, 2.45) is 22.9 Å². The number of oxime groups is 1. The highest BCUT2D eigenvalue weighted by Gasteiger charge is 2.44. The van der Waals surface area contributed by atoms with Crippen LogP contribution in [0.1, 0.15) is 24.8 Å². The van der Waals surface area contributed by atoms with Crippen molar-refractivity contribution in [2.75, 3.05) is 11.9 Å². The lowest BCUT2D eigenvalue weighted by Crippen LogP contribution is -2.29. The number of carboxylic acids is 1. The molecule has 1 fully saturated rings. The summed E-state index contributed by atoms with van der Waals surface area (Å²) in [5.74, 6) is -2.27. The van der Waals surface area contributed by atoms with Crippen LogP contribution in [-0.2, 0) is 14.4 Å². The number of carboxylic acid groups (broad SMARTS) is 1. The van der Waals surface area contributed by atoms with Gasteiger partial charge in [0.1, 0.15) is 6.61 Å². The molecule has 0 spiro atoms. The van der Waals surface area contributed by atoms with Crippen LogP contribution in [0.15, 0.2) is 23.4 Å². The van der Waals surface area contributed by atoms with Crippen molar-refractivity contribution in [3.05, 3.63) is 28.8 Å². The van der Waals surface area contributed by atoms with Gasteiger partial charge in [-0.15, -0.1) is 0 Å². The molecule has 3 atom stereocenters. The van der Waals surface area contributed by atoms with Crippen LogP contribution in [0.25, 0.3) is 0 Å². The fourth-order valence-corrected chi connectivity index (χ4v) is 3.70. The quantitative estimate of drug-likeness (QED) is 0.873. The summed E-state index contributed by atoms with van der Waals surface area (Å²) >= 11 is 6.17. The maximum atomic E-state index is 12.7. The molecule has 128 valence electrons. The molecule has 3 rings (SSSR count). The van der Waals surface area contributed by atoms with Gasteiger partial charge in [-0.05, 0) is 37.5 Å². The molecule has 0 radical (unpaired) electrons. The molecule has 24 heavy (non-hydrogen) atoms. The van der Waals surface area contributed by atoms with Crippen LogP contribution in [0, 0.1) is 24.7 Å². The van der Waals surface area contributed by atoms with Crippen molar-refractivity contribution in [1.82, 2.24) is 0 Å². The Morgan fingerprint density at radius 3 is 2.79 bits per heavy atom. The van der Waals surface area contributed by atoms with Gasteiger partial charge >= 0.3 is 5.97 Å². The number of aliphatic carboxylic acids is 1. The van der Waals surface area contributed by atoms with Gasteiger partial charge in [-0.3, -0.25) is 9.59 Å². The number of carbonyl (C=O) groups is 2. The molecule has 0 aromatic heterocycles. The zero-order valence-corrected chi connectivity index (χ0v) is 14.0. The van der Waals surface area contributed by atoms with Crippen molar-refractivity contribution < 1.29 is 19.5 Å². The Kier molecular flexibility index (Phi) is 4.76. The Labute approximate surface area is 144 Å². The number of halogens is 1. The molecule has 3 unspecified atom stereocenters. The molecular weight excluding hydrogens is 332 g/mol. The Morgan fingerprint density at radius 1 is 1.38 bits per heavy atom. The van der Waals surface area contributed by atoms with Gasteiger partial charge in [0.05, 0.1) is 22.3 Å². The third-order valence-electron chi connectivity index (χ3n) is 4.69. The first-order valence-electron chi connectivity index (χ1n) is 7.94. The minimum absolute atomic E-state index is 0.196. The fourth-order valence-electron chi connectivity index (χ4n) is 3.42. The summed E-state index contributed by atoms with van der Waals surface area (Å²) in [5, 5.41) is 16.6. The average molecular weight is 351 g/mol. The van der Waals surface area contributed by atoms with E-state index in [2.05, 4.69) is 10.5 Å². The van der Waals surface area contributed by atoms with E-state index in [1.807, 2.05) is 13.0 Å².